The minimum absolute atomic E-state index is 0.188. The normalized spacial score (nSPS) is 13.6. The SMILES string of the molecule is Cc1cc(Cl)c(NC(=O)NC[C@H](C)C[C@H](C)O)c2cccnc12. The molecule has 0 fully saturated rings. The Kier molecular flexibility index (Phi) is 5.80. The van der Waals surface area contributed by atoms with Gasteiger partial charge in [-0.3, -0.25) is 4.98 Å². The molecule has 1 aromatic heterocycles. The van der Waals surface area contributed by atoms with Gasteiger partial charge >= 0.3 is 6.03 Å². The Labute approximate surface area is 141 Å². The van der Waals surface area contributed by atoms with E-state index in [2.05, 4.69) is 15.6 Å². The Morgan fingerprint density at radius 1 is 1.43 bits per heavy atom. The van der Waals surface area contributed by atoms with E-state index in [0.29, 0.717) is 23.7 Å². The molecule has 5 nitrogen and oxygen atoms in total. The maximum absolute atomic E-state index is 12.1. The van der Waals surface area contributed by atoms with Gasteiger partial charge in [-0.05, 0) is 49.9 Å². The summed E-state index contributed by atoms with van der Waals surface area (Å²) in [5.41, 5.74) is 2.33. The van der Waals surface area contributed by atoms with Gasteiger partial charge in [-0.1, -0.05) is 18.5 Å². The highest BCUT2D eigenvalue weighted by Crippen LogP contribution is 2.32. The van der Waals surface area contributed by atoms with Crippen LogP contribution in [0.1, 0.15) is 25.8 Å². The first kappa shape index (κ1) is 17.5. The van der Waals surface area contributed by atoms with Crippen molar-refractivity contribution in [1.82, 2.24) is 10.3 Å². The quantitative estimate of drug-likeness (QED) is 0.779. The van der Waals surface area contributed by atoms with Crippen molar-refractivity contribution < 1.29 is 9.90 Å². The molecule has 0 aliphatic rings. The molecule has 2 amide bonds. The number of aryl methyl sites for hydroxylation is 1. The molecule has 124 valence electrons. The van der Waals surface area contributed by atoms with Gasteiger partial charge in [0.2, 0.25) is 0 Å². The average molecular weight is 336 g/mol. The van der Waals surface area contributed by atoms with Crippen LogP contribution in [0.4, 0.5) is 10.5 Å². The van der Waals surface area contributed by atoms with Gasteiger partial charge in [-0.25, -0.2) is 4.79 Å². The third-order valence-electron chi connectivity index (χ3n) is 3.63. The van der Waals surface area contributed by atoms with Crippen LogP contribution >= 0.6 is 11.6 Å². The summed E-state index contributed by atoms with van der Waals surface area (Å²) in [6, 6.07) is 5.17. The number of aliphatic hydroxyl groups is 1. The monoisotopic (exact) mass is 335 g/mol. The molecule has 1 aromatic carbocycles. The Morgan fingerprint density at radius 2 is 2.17 bits per heavy atom. The van der Waals surface area contributed by atoms with Crippen molar-refractivity contribution in [2.45, 2.75) is 33.3 Å². The number of aromatic nitrogens is 1. The van der Waals surface area contributed by atoms with Crippen LogP contribution < -0.4 is 10.6 Å². The number of rotatable bonds is 5. The lowest BCUT2D eigenvalue weighted by Gasteiger charge is -2.16. The van der Waals surface area contributed by atoms with Crippen LogP contribution in [0.2, 0.25) is 5.02 Å². The molecule has 0 saturated carbocycles. The van der Waals surface area contributed by atoms with Crippen molar-refractivity contribution in [2.75, 3.05) is 11.9 Å². The lowest BCUT2D eigenvalue weighted by atomic mass is 10.1. The second kappa shape index (κ2) is 7.62. The van der Waals surface area contributed by atoms with Crippen LogP contribution in [0.3, 0.4) is 0 Å². The molecule has 0 radical (unpaired) electrons. The van der Waals surface area contributed by atoms with E-state index >= 15 is 0 Å². The van der Waals surface area contributed by atoms with Gasteiger partial charge in [0.05, 0.1) is 22.3 Å². The van der Waals surface area contributed by atoms with Crippen molar-refractivity contribution in [1.29, 1.82) is 0 Å². The predicted molar refractivity (Wildman–Crippen MR) is 94.0 cm³/mol. The number of nitrogens with one attached hydrogen (secondary N) is 2. The molecular formula is C17H22ClN3O2. The zero-order valence-electron chi connectivity index (χ0n) is 13.6. The van der Waals surface area contributed by atoms with Crippen molar-refractivity contribution in [3.63, 3.8) is 0 Å². The number of carbonyl (C=O) groups is 1. The number of benzene rings is 1. The third kappa shape index (κ3) is 4.56. The van der Waals surface area contributed by atoms with E-state index in [4.69, 9.17) is 11.6 Å². The van der Waals surface area contributed by atoms with Crippen LogP contribution in [-0.2, 0) is 0 Å². The molecule has 0 aliphatic carbocycles. The van der Waals surface area contributed by atoms with Gasteiger partial charge in [0.1, 0.15) is 0 Å². The zero-order chi connectivity index (χ0) is 17.0. The van der Waals surface area contributed by atoms with Crippen LogP contribution in [0.5, 0.6) is 0 Å². The van der Waals surface area contributed by atoms with E-state index in [0.717, 1.165) is 16.5 Å². The van der Waals surface area contributed by atoms with Crippen molar-refractivity contribution in [3.8, 4) is 0 Å². The second-order valence-electron chi connectivity index (χ2n) is 5.97. The number of carbonyl (C=O) groups excluding carboxylic acids is 1. The minimum atomic E-state index is -0.378. The van der Waals surface area contributed by atoms with Gasteiger partial charge in [-0.2, -0.15) is 0 Å². The number of pyridine rings is 1. The van der Waals surface area contributed by atoms with Gasteiger partial charge in [0.15, 0.2) is 0 Å². The van der Waals surface area contributed by atoms with Crippen molar-refractivity contribution in [3.05, 3.63) is 35.0 Å². The maximum atomic E-state index is 12.1. The fraction of sp³-hybridized carbons (Fsp3) is 0.412. The van der Waals surface area contributed by atoms with Gasteiger partial charge < -0.3 is 15.7 Å². The lowest BCUT2D eigenvalue weighted by molar-refractivity contribution is 0.163. The molecule has 1 heterocycles. The summed E-state index contributed by atoms with van der Waals surface area (Å²) in [6.45, 7) is 6.13. The van der Waals surface area contributed by atoms with Gasteiger partial charge in [0, 0.05) is 18.1 Å². The molecule has 2 aromatic rings. The maximum Gasteiger partial charge on any atom is 0.319 e. The van der Waals surface area contributed by atoms with E-state index in [1.807, 2.05) is 26.0 Å². The highest BCUT2D eigenvalue weighted by Gasteiger charge is 2.13. The molecular weight excluding hydrogens is 314 g/mol. The predicted octanol–water partition coefficient (Wildman–Crippen LogP) is 3.73. The van der Waals surface area contributed by atoms with Crippen molar-refractivity contribution >= 4 is 34.2 Å². The van der Waals surface area contributed by atoms with Crippen LogP contribution in [-0.4, -0.2) is 28.8 Å². The number of amides is 2. The Morgan fingerprint density at radius 3 is 2.87 bits per heavy atom. The smallest absolute Gasteiger partial charge is 0.319 e. The standard InChI is InChI=1S/C17H22ClN3O2/c1-10(7-12(3)22)9-20-17(23)21-16-13-5-4-6-19-15(13)11(2)8-14(16)18/h4-6,8,10,12,22H,7,9H2,1-3H3,(H2,20,21,23)/t10-,12+/m1/s1. The van der Waals surface area contributed by atoms with Crippen molar-refractivity contribution in [2.24, 2.45) is 5.92 Å². The molecule has 0 bridgehead atoms. The summed E-state index contributed by atoms with van der Waals surface area (Å²) in [6.07, 6.45) is 1.97. The number of halogens is 1. The largest absolute Gasteiger partial charge is 0.393 e. The van der Waals surface area contributed by atoms with E-state index < -0.39 is 0 Å². The summed E-state index contributed by atoms with van der Waals surface area (Å²) in [7, 11) is 0. The molecule has 2 rings (SSSR count). The zero-order valence-corrected chi connectivity index (χ0v) is 14.3. The first-order chi connectivity index (χ1) is 10.9. The molecule has 6 heteroatoms. The Bertz CT molecular complexity index is 704. The summed E-state index contributed by atoms with van der Waals surface area (Å²) < 4.78 is 0. The molecule has 0 saturated heterocycles. The molecule has 0 unspecified atom stereocenters. The van der Waals surface area contributed by atoms with E-state index in [1.54, 1.807) is 19.2 Å². The third-order valence-corrected chi connectivity index (χ3v) is 3.92. The summed E-state index contributed by atoms with van der Waals surface area (Å²) in [5, 5.41) is 16.2. The number of hydrogen-bond donors (Lipinski definition) is 3. The molecule has 23 heavy (non-hydrogen) atoms. The van der Waals surface area contributed by atoms with E-state index in [1.165, 1.54) is 0 Å². The molecule has 0 spiro atoms. The lowest BCUT2D eigenvalue weighted by Crippen LogP contribution is -2.33. The first-order valence-electron chi connectivity index (χ1n) is 7.65. The van der Waals surface area contributed by atoms with Crippen LogP contribution in [0.15, 0.2) is 24.4 Å². The summed E-state index contributed by atoms with van der Waals surface area (Å²) >= 11 is 6.28. The van der Waals surface area contributed by atoms with E-state index in [9.17, 15) is 9.90 Å². The van der Waals surface area contributed by atoms with Crippen LogP contribution in [0.25, 0.3) is 10.9 Å². The van der Waals surface area contributed by atoms with Gasteiger partial charge in [0.25, 0.3) is 0 Å². The molecule has 0 aliphatic heterocycles. The fourth-order valence-electron chi connectivity index (χ4n) is 2.60. The highest BCUT2D eigenvalue weighted by molar-refractivity contribution is 6.35. The Balaban J connectivity index is 2.11. The second-order valence-corrected chi connectivity index (χ2v) is 6.38. The van der Waals surface area contributed by atoms with Gasteiger partial charge in [-0.15, -0.1) is 0 Å². The summed E-state index contributed by atoms with van der Waals surface area (Å²) in [4.78, 5) is 16.5. The minimum Gasteiger partial charge on any atom is -0.393 e. The number of aliphatic hydroxyl groups excluding tert-OH is 1. The average Bonchev–Trinajstić information content (AvgIpc) is 2.49. The first-order valence-corrected chi connectivity index (χ1v) is 8.03. The number of anilines is 1. The number of fused-ring (bicyclic) bond motifs is 1. The Hall–Kier alpha value is -1.85. The molecule has 3 N–H and O–H groups in total. The number of nitrogens with zero attached hydrogens (tertiary/aromatic N) is 1. The highest BCUT2D eigenvalue weighted by atomic mass is 35.5. The fourth-order valence-corrected chi connectivity index (χ4v) is 2.91. The molecule has 2 atom stereocenters. The number of urea groups is 1. The number of hydrogen-bond acceptors (Lipinski definition) is 3. The van der Waals surface area contributed by atoms with E-state index in [-0.39, 0.29) is 18.1 Å². The topological polar surface area (TPSA) is 74.2 Å². The van der Waals surface area contributed by atoms with Crippen LogP contribution in [0, 0.1) is 12.8 Å². The summed E-state index contributed by atoms with van der Waals surface area (Å²) in [5.74, 6) is 0.188.